The van der Waals surface area contributed by atoms with E-state index in [4.69, 9.17) is 12.8 Å². The summed E-state index contributed by atoms with van der Waals surface area (Å²) in [5.74, 6) is 17.7. The molecule has 0 aliphatic heterocycles. The molecule has 2 heterocycles. The second-order valence-electron chi connectivity index (χ2n) is 6.74. The average molecular weight is 404 g/mol. The number of terminal acetylenes is 2. The van der Waals surface area contributed by atoms with Gasteiger partial charge < -0.3 is 0 Å². The first-order valence-corrected chi connectivity index (χ1v) is 9.84. The highest BCUT2D eigenvalue weighted by atomic mass is 14.8. The van der Waals surface area contributed by atoms with Gasteiger partial charge in [-0.2, -0.15) is 0 Å². The number of pyridine rings is 2. The van der Waals surface area contributed by atoms with Gasteiger partial charge in [0, 0.05) is 45.8 Å². The Bertz CT molecular complexity index is 1350. The van der Waals surface area contributed by atoms with Gasteiger partial charge in [0.25, 0.3) is 0 Å². The van der Waals surface area contributed by atoms with Crippen molar-refractivity contribution < 1.29 is 0 Å². The van der Waals surface area contributed by atoms with Crippen molar-refractivity contribution in [1.82, 2.24) is 9.97 Å². The van der Waals surface area contributed by atoms with E-state index in [9.17, 15) is 0 Å². The smallest absolute Gasteiger partial charge is 0.0887 e. The van der Waals surface area contributed by atoms with E-state index >= 15 is 0 Å². The molecule has 2 nitrogen and oxygen atoms in total. The molecule has 0 saturated carbocycles. The van der Waals surface area contributed by atoms with Gasteiger partial charge in [-0.15, -0.1) is 12.8 Å². The maximum atomic E-state index is 5.52. The van der Waals surface area contributed by atoms with Gasteiger partial charge >= 0.3 is 0 Å². The Morgan fingerprint density at radius 3 is 1.22 bits per heavy atom. The van der Waals surface area contributed by atoms with Gasteiger partial charge in [-0.25, -0.2) is 0 Å². The SMILES string of the molecule is C#Cc1ccccc1C#Cc1ccc(-c2ccc(C#Cc3ccccc3C#C)cn2)nc1. The van der Waals surface area contributed by atoms with E-state index < -0.39 is 0 Å². The topological polar surface area (TPSA) is 25.8 Å². The highest BCUT2D eigenvalue weighted by molar-refractivity contribution is 5.58. The molecule has 0 radical (unpaired) electrons. The average Bonchev–Trinajstić information content (AvgIpc) is 2.87. The highest BCUT2D eigenvalue weighted by Gasteiger charge is 2.01. The summed E-state index contributed by atoms with van der Waals surface area (Å²) in [5, 5.41) is 0. The summed E-state index contributed by atoms with van der Waals surface area (Å²) in [4.78, 5) is 8.97. The van der Waals surface area contributed by atoms with Crippen LogP contribution in [-0.4, -0.2) is 9.97 Å². The standard InChI is InChI=1S/C30H16N2/c1-3-25-9-5-7-11-27(25)17-13-23-15-19-29(31-21-23)30-20-16-24(22-32-30)14-18-28-12-8-6-10-26(28)4-2/h1-2,5-12,15-16,19-22H. The number of rotatable bonds is 1. The molecule has 32 heavy (non-hydrogen) atoms. The fourth-order valence-corrected chi connectivity index (χ4v) is 2.95. The molecule has 4 rings (SSSR count). The molecule has 146 valence electrons. The van der Waals surface area contributed by atoms with Crippen molar-refractivity contribution in [2.24, 2.45) is 0 Å². The van der Waals surface area contributed by atoms with Gasteiger partial charge in [0.05, 0.1) is 11.4 Å². The van der Waals surface area contributed by atoms with Crippen LogP contribution in [0.2, 0.25) is 0 Å². The van der Waals surface area contributed by atoms with E-state index in [-0.39, 0.29) is 0 Å². The molecule has 2 aromatic heterocycles. The minimum Gasteiger partial charge on any atom is -0.253 e. The van der Waals surface area contributed by atoms with Gasteiger partial charge in [-0.1, -0.05) is 59.8 Å². The van der Waals surface area contributed by atoms with Crippen LogP contribution in [0.5, 0.6) is 0 Å². The monoisotopic (exact) mass is 404 g/mol. The van der Waals surface area contributed by atoms with Gasteiger partial charge in [-0.3, -0.25) is 9.97 Å². The lowest BCUT2D eigenvalue weighted by molar-refractivity contribution is 1.24. The Morgan fingerprint density at radius 1 is 0.469 bits per heavy atom. The summed E-state index contributed by atoms with van der Waals surface area (Å²) in [6, 6.07) is 22.8. The zero-order valence-electron chi connectivity index (χ0n) is 17.1. The maximum absolute atomic E-state index is 5.52. The van der Waals surface area contributed by atoms with Crippen molar-refractivity contribution in [2.45, 2.75) is 0 Å². The molecule has 0 aliphatic carbocycles. The molecule has 0 fully saturated rings. The normalized spacial score (nSPS) is 9.31. The molecule has 0 atom stereocenters. The zero-order valence-corrected chi connectivity index (χ0v) is 17.1. The molecule has 0 amide bonds. The van der Waals surface area contributed by atoms with Gasteiger partial charge in [-0.05, 0) is 48.5 Å². The lowest BCUT2D eigenvalue weighted by atomic mass is 10.1. The van der Waals surface area contributed by atoms with Crippen molar-refractivity contribution >= 4 is 0 Å². The first kappa shape index (κ1) is 20.3. The van der Waals surface area contributed by atoms with Crippen LogP contribution in [0.25, 0.3) is 11.4 Å². The quantitative estimate of drug-likeness (QED) is 0.422. The van der Waals surface area contributed by atoms with Crippen LogP contribution in [0.15, 0.2) is 85.2 Å². The van der Waals surface area contributed by atoms with Crippen molar-refractivity contribution in [1.29, 1.82) is 0 Å². The highest BCUT2D eigenvalue weighted by Crippen LogP contribution is 2.15. The number of hydrogen-bond acceptors (Lipinski definition) is 2. The molecule has 4 aromatic rings. The van der Waals surface area contributed by atoms with Crippen LogP contribution < -0.4 is 0 Å². The summed E-state index contributed by atoms with van der Waals surface area (Å²) in [6.07, 6.45) is 14.5. The van der Waals surface area contributed by atoms with Gasteiger partial charge in [0.2, 0.25) is 0 Å². The van der Waals surface area contributed by atoms with Crippen LogP contribution in [0.1, 0.15) is 33.4 Å². The Labute approximate surface area is 188 Å². The molecule has 2 aromatic carbocycles. The van der Waals surface area contributed by atoms with Crippen LogP contribution in [-0.2, 0) is 0 Å². The number of aromatic nitrogens is 2. The fourth-order valence-electron chi connectivity index (χ4n) is 2.95. The molecule has 0 unspecified atom stereocenters. The summed E-state index contributed by atoms with van der Waals surface area (Å²) in [5.41, 5.74) is 6.32. The van der Waals surface area contributed by atoms with Crippen molar-refractivity contribution in [2.75, 3.05) is 0 Å². The second kappa shape index (κ2) is 9.65. The summed E-state index contributed by atoms with van der Waals surface area (Å²) >= 11 is 0. The fraction of sp³-hybridized carbons (Fsp3) is 0. The van der Waals surface area contributed by atoms with Crippen molar-refractivity contribution in [3.63, 3.8) is 0 Å². The Kier molecular flexibility index (Phi) is 6.11. The molecule has 0 saturated heterocycles. The first-order valence-electron chi connectivity index (χ1n) is 9.84. The number of hydrogen-bond donors (Lipinski definition) is 0. The van der Waals surface area contributed by atoms with E-state index in [2.05, 4.69) is 45.5 Å². The Morgan fingerprint density at radius 2 is 0.875 bits per heavy atom. The summed E-state index contributed by atoms with van der Waals surface area (Å²) in [7, 11) is 0. The van der Waals surface area contributed by atoms with Crippen LogP contribution in [0.4, 0.5) is 0 Å². The molecule has 0 N–H and O–H groups in total. The minimum absolute atomic E-state index is 0.761. The van der Waals surface area contributed by atoms with Gasteiger partial charge in [0.15, 0.2) is 0 Å². The van der Waals surface area contributed by atoms with E-state index in [1.807, 2.05) is 72.8 Å². The molecule has 2 heteroatoms. The third kappa shape index (κ3) is 4.75. The zero-order chi connectivity index (χ0) is 22.2. The molecule has 0 bridgehead atoms. The predicted octanol–water partition coefficient (Wildman–Crippen LogP) is 4.91. The number of nitrogens with zero attached hydrogens (tertiary/aromatic N) is 2. The minimum atomic E-state index is 0.761. The third-order valence-electron chi connectivity index (χ3n) is 4.64. The second-order valence-corrected chi connectivity index (χ2v) is 6.74. The first-order chi connectivity index (χ1) is 15.8. The number of benzene rings is 2. The van der Waals surface area contributed by atoms with Crippen molar-refractivity contribution in [3.05, 3.63) is 119 Å². The van der Waals surface area contributed by atoms with Crippen molar-refractivity contribution in [3.8, 4) is 59.8 Å². The largest absolute Gasteiger partial charge is 0.253 e. The van der Waals surface area contributed by atoms with Crippen LogP contribution in [0, 0.1) is 48.4 Å². The van der Waals surface area contributed by atoms with E-state index in [0.29, 0.717) is 0 Å². The van der Waals surface area contributed by atoms with Gasteiger partial charge in [0.1, 0.15) is 0 Å². The third-order valence-corrected chi connectivity index (χ3v) is 4.64. The van der Waals surface area contributed by atoms with E-state index in [0.717, 1.165) is 44.8 Å². The molecule has 0 aliphatic rings. The lowest BCUT2D eigenvalue weighted by Crippen LogP contribution is -1.89. The Hall–Kier alpha value is -5.02. The molecule has 0 spiro atoms. The summed E-state index contributed by atoms with van der Waals surface area (Å²) in [6.45, 7) is 0. The summed E-state index contributed by atoms with van der Waals surface area (Å²) < 4.78 is 0. The molecular formula is C30H16N2. The van der Waals surface area contributed by atoms with E-state index in [1.54, 1.807) is 12.4 Å². The van der Waals surface area contributed by atoms with Crippen LogP contribution >= 0.6 is 0 Å². The predicted molar refractivity (Wildman–Crippen MR) is 128 cm³/mol. The lowest BCUT2D eigenvalue weighted by Gasteiger charge is -2.00. The Balaban J connectivity index is 1.50. The maximum Gasteiger partial charge on any atom is 0.0887 e. The van der Waals surface area contributed by atoms with E-state index in [1.165, 1.54) is 0 Å². The van der Waals surface area contributed by atoms with Crippen LogP contribution in [0.3, 0.4) is 0 Å². The molecular weight excluding hydrogens is 388 g/mol.